The number of carbonyl (C=O) groups is 2. The fraction of sp³-hybridized carbons (Fsp3) is 0.622. The van der Waals surface area contributed by atoms with Gasteiger partial charge in [0.1, 0.15) is 0 Å². The average molecular weight is 590 g/mol. The number of hydrogen-bond donors (Lipinski definition) is 1. The van der Waals surface area contributed by atoms with Gasteiger partial charge < -0.3 is 10.0 Å². The first-order valence-electron chi connectivity index (χ1n) is 16.8. The minimum Gasteiger partial charge on any atom is -0.481 e. The molecule has 1 aromatic rings. The van der Waals surface area contributed by atoms with Crippen molar-refractivity contribution < 1.29 is 14.7 Å². The van der Waals surface area contributed by atoms with E-state index in [4.69, 9.17) is 10.1 Å². The summed E-state index contributed by atoms with van der Waals surface area (Å²) in [5.41, 5.74) is 4.63. The molecule has 2 aliphatic rings. The predicted octanol–water partition coefficient (Wildman–Crippen LogP) is 8.46. The molecule has 3 unspecified atom stereocenters. The quantitative estimate of drug-likeness (QED) is 0.138. The highest BCUT2D eigenvalue weighted by atomic mass is 16.4. The van der Waals surface area contributed by atoms with Crippen LogP contribution >= 0.6 is 0 Å². The second-order valence-electron chi connectivity index (χ2n) is 12.8. The number of carboxylic acids is 1. The van der Waals surface area contributed by atoms with E-state index >= 15 is 0 Å². The van der Waals surface area contributed by atoms with Crippen molar-refractivity contribution in [1.29, 1.82) is 0 Å². The largest absolute Gasteiger partial charge is 0.481 e. The van der Waals surface area contributed by atoms with E-state index in [1.807, 2.05) is 12.4 Å². The topological polar surface area (TPSA) is 82.3 Å². The molecular weight excluding hydrogens is 534 g/mol. The van der Waals surface area contributed by atoms with Gasteiger partial charge in [-0.3, -0.25) is 19.6 Å². The Hall–Kier alpha value is -3.02. The molecule has 0 radical (unpaired) electrons. The number of hydrogen-bond acceptors (Lipinski definition) is 4. The Kier molecular flexibility index (Phi) is 14.9. The molecule has 43 heavy (non-hydrogen) atoms. The Bertz CT molecular complexity index is 1110. The van der Waals surface area contributed by atoms with Crippen molar-refractivity contribution in [3.63, 3.8) is 0 Å². The second kappa shape index (κ2) is 18.6. The molecule has 1 amide bonds. The number of carbonyl (C=O) groups excluding carboxylic acids is 1. The maximum absolute atomic E-state index is 12.3. The summed E-state index contributed by atoms with van der Waals surface area (Å²) in [6.07, 6.45) is 21.5. The molecule has 0 bridgehead atoms. The Labute approximate surface area is 260 Å². The molecular formula is C37H55N3O3. The van der Waals surface area contributed by atoms with Gasteiger partial charge in [-0.1, -0.05) is 96.1 Å². The highest BCUT2D eigenvalue weighted by Gasteiger charge is 2.35. The van der Waals surface area contributed by atoms with Crippen LogP contribution in [0.1, 0.15) is 109 Å². The number of allylic oxidation sites excluding steroid dienone is 3. The number of rotatable bonds is 18. The molecule has 1 heterocycles. The number of carboxylic acid groups (broad SMARTS) is 1. The lowest BCUT2D eigenvalue weighted by Gasteiger charge is -2.36. The van der Waals surface area contributed by atoms with Gasteiger partial charge in [0.2, 0.25) is 5.91 Å². The average Bonchev–Trinajstić information content (AvgIpc) is 3.23. The third kappa shape index (κ3) is 11.5. The van der Waals surface area contributed by atoms with Crippen molar-refractivity contribution in [2.75, 3.05) is 13.1 Å². The van der Waals surface area contributed by atoms with Crippen molar-refractivity contribution in [3.05, 3.63) is 58.8 Å². The van der Waals surface area contributed by atoms with Crippen molar-refractivity contribution in [3.8, 4) is 0 Å². The number of amides is 1. The maximum Gasteiger partial charge on any atom is 0.310 e. The zero-order chi connectivity index (χ0) is 31.0. The minimum atomic E-state index is -0.820. The van der Waals surface area contributed by atoms with Gasteiger partial charge in [0.25, 0.3) is 0 Å². The molecule has 236 valence electrons. The Balaban J connectivity index is 1.46. The molecule has 0 aromatic heterocycles. The Morgan fingerprint density at radius 1 is 1.09 bits per heavy atom. The van der Waals surface area contributed by atoms with Gasteiger partial charge in [0, 0.05) is 37.5 Å². The second-order valence-corrected chi connectivity index (χ2v) is 12.8. The van der Waals surface area contributed by atoms with Gasteiger partial charge in [-0.15, -0.1) is 0 Å². The molecule has 0 saturated carbocycles. The molecule has 1 aliphatic carbocycles. The summed E-state index contributed by atoms with van der Waals surface area (Å²) in [6.45, 7) is 12.1. The van der Waals surface area contributed by atoms with Crippen LogP contribution in [-0.4, -0.2) is 47.9 Å². The molecule has 1 saturated heterocycles. The molecule has 3 atom stereocenters. The fourth-order valence-electron chi connectivity index (χ4n) is 6.42. The smallest absolute Gasteiger partial charge is 0.310 e. The molecule has 0 spiro atoms. The number of nitrogens with zero attached hydrogens (tertiary/aromatic N) is 3. The first-order valence-corrected chi connectivity index (χ1v) is 16.8. The summed E-state index contributed by atoms with van der Waals surface area (Å²) in [4.78, 5) is 33.7. The van der Waals surface area contributed by atoms with Gasteiger partial charge in [0.05, 0.1) is 12.5 Å². The van der Waals surface area contributed by atoms with E-state index < -0.39 is 11.9 Å². The van der Waals surface area contributed by atoms with E-state index in [9.17, 15) is 9.59 Å². The monoisotopic (exact) mass is 589 g/mol. The Morgan fingerprint density at radius 2 is 1.84 bits per heavy atom. The van der Waals surface area contributed by atoms with Crippen LogP contribution in [0.15, 0.2) is 57.7 Å². The van der Waals surface area contributed by atoms with E-state index in [0.717, 1.165) is 47.3 Å². The molecule has 6 nitrogen and oxygen atoms in total. The number of likely N-dealkylation sites (tertiary alicyclic amines) is 1. The lowest BCUT2D eigenvalue weighted by atomic mass is 9.82. The van der Waals surface area contributed by atoms with Crippen LogP contribution in [0.25, 0.3) is 0 Å². The van der Waals surface area contributed by atoms with E-state index in [2.05, 4.69) is 62.8 Å². The van der Waals surface area contributed by atoms with Crippen molar-refractivity contribution in [2.24, 2.45) is 33.7 Å². The highest BCUT2D eigenvalue weighted by Crippen LogP contribution is 2.34. The van der Waals surface area contributed by atoms with Crippen LogP contribution in [0, 0.1) is 23.7 Å². The van der Waals surface area contributed by atoms with Gasteiger partial charge >= 0.3 is 5.97 Å². The molecule has 1 fully saturated rings. The first kappa shape index (κ1) is 34.5. The maximum atomic E-state index is 12.3. The molecule has 1 N–H and O–H groups in total. The van der Waals surface area contributed by atoms with Gasteiger partial charge in [-0.2, -0.15) is 0 Å². The standard InChI is InChI=1S/C37H55N3O3/c1-5-7-8-10-29(6-2)14-13-28(3)32-11-9-12-33(21-20-32)34(24-38-4)25-39-23-31-17-15-30(16-18-31)19-22-36(41)40-26-35(27-40)37(42)43/h15-18,21,24-25,28-29,32,35H,4-14,19-20,22-23,26-27H2,1-3H3,(H,42,43)/b34-24+,39-25?. The lowest BCUT2D eigenvalue weighted by molar-refractivity contribution is -0.152. The summed E-state index contributed by atoms with van der Waals surface area (Å²) in [6, 6.07) is 8.25. The van der Waals surface area contributed by atoms with Crippen LogP contribution in [0.3, 0.4) is 0 Å². The Morgan fingerprint density at radius 3 is 2.51 bits per heavy atom. The number of unbranched alkanes of at least 4 members (excludes halogenated alkanes) is 2. The summed E-state index contributed by atoms with van der Waals surface area (Å²) >= 11 is 0. The SMILES string of the molecule is C=N/C=C(\C=NCc1ccc(CCC(=O)N2CC(C(=O)O)C2)cc1)C1=CCC(C(C)CCC(CC)CCCCC)CCC1. The van der Waals surface area contributed by atoms with E-state index in [1.165, 1.54) is 63.4 Å². The molecule has 6 heteroatoms. The summed E-state index contributed by atoms with van der Waals surface area (Å²) in [5.74, 6) is 1.20. The van der Waals surface area contributed by atoms with E-state index in [1.54, 1.807) is 4.90 Å². The number of benzene rings is 1. The van der Waals surface area contributed by atoms with Crippen molar-refractivity contribution in [2.45, 2.75) is 111 Å². The van der Waals surface area contributed by atoms with Crippen molar-refractivity contribution >= 4 is 24.8 Å². The summed E-state index contributed by atoms with van der Waals surface area (Å²) in [5, 5.41) is 8.99. The fourth-order valence-corrected chi connectivity index (χ4v) is 6.42. The van der Waals surface area contributed by atoms with E-state index in [-0.39, 0.29) is 5.91 Å². The van der Waals surface area contributed by atoms with Crippen molar-refractivity contribution in [1.82, 2.24) is 4.90 Å². The number of aryl methyl sites for hydroxylation is 1. The highest BCUT2D eigenvalue weighted by molar-refractivity contribution is 5.84. The normalized spacial score (nSPS) is 19.4. The zero-order valence-corrected chi connectivity index (χ0v) is 27.0. The molecule has 1 aliphatic heterocycles. The molecule has 1 aromatic carbocycles. The van der Waals surface area contributed by atoms with Crippen LogP contribution in [0.4, 0.5) is 0 Å². The lowest BCUT2D eigenvalue weighted by Crippen LogP contribution is -2.53. The number of aliphatic imine (C=N–C) groups is 2. The first-order chi connectivity index (χ1) is 20.8. The van der Waals surface area contributed by atoms with Gasteiger partial charge in [-0.25, -0.2) is 0 Å². The van der Waals surface area contributed by atoms with Crippen LogP contribution < -0.4 is 0 Å². The van der Waals surface area contributed by atoms with Gasteiger partial charge in [0.15, 0.2) is 0 Å². The predicted molar refractivity (Wildman–Crippen MR) is 179 cm³/mol. The molecule has 3 rings (SSSR count). The van der Waals surface area contributed by atoms with Crippen LogP contribution in [-0.2, 0) is 22.6 Å². The van der Waals surface area contributed by atoms with Crippen LogP contribution in [0.2, 0.25) is 0 Å². The zero-order valence-electron chi connectivity index (χ0n) is 27.0. The summed E-state index contributed by atoms with van der Waals surface area (Å²) in [7, 11) is 0. The van der Waals surface area contributed by atoms with Crippen LogP contribution in [0.5, 0.6) is 0 Å². The van der Waals surface area contributed by atoms with E-state index in [0.29, 0.717) is 32.5 Å². The minimum absolute atomic E-state index is 0.0258. The van der Waals surface area contributed by atoms with Gasteiger partial charge in [-0.05, 0) is 73.3 Å². The third-order valence-corrected chi connectivity index (χ3v) is 9.66. The summed E-state index contributed by atoms with van der Waals surface area (Å²) < 4.78 is 0. The third-order valence-electron chi connectivity index (χ3n) is 9.66. The number of aliphatic carboxylic acids is 1.